The fourth-order valence-electron chi connectivity index (χ4n) is 5.14. The summed E-state index contributed by atoms with van der Waals surface area (Å²) >= 11 is 0. The number of rotatable bonds is 12. The number of hydrogen-bond acceptors (Lipinski definition) is 6. The Morgan fingerprint density at radius 2 is 1.47 bits per heavy atom. The molecule has 4 rings (SSSR count). The molecule has 2 atom stereocenters. The predicted molar refractivity (Wildman–Crippen MR) is 164 cm³/mol. The second-order valence-corrected chi connectivity index (χ2v) is 11.1. The van der Waals surface area contributed by atoms with Crippen LogP contribution in [0.15, 0.2) is 91.0 Å². The van der Waals surface area contributed by atoms with E-state index in [1.165, 1.54) is 0 Å². The largest absolute Gasteiger partial charge is 0.444 e. The molecule has 1 saturated heterocycles. The highest BCUT2D eigenvalue weighted by Crippen LogP contribution is 2.24. The van der Waals surface area contributed by atoms with E-state index >= 15 is 0 Å². The molecule has 3 aromatic carbocycles. The summed E-state index contributed by atoms with van der Waals surface area (Å²) in [6.07, 6.45) is 0.789. The lowest BCUT2D eigenvalue weighted by molar-refractivity contribution is -0.139. The van der Waals surface area contributed by atoms with E-state index in [2.05, 4.69) is 16.0 Å². The van der Waals surface area contributed by atoms with Crippen molar-refractivity contribution in [3.05, 3.63) is 108 Å². The lowest BCUT2D eigenvalue weighted by atomic mass is 9.96. The summed E-state index contributed by atoms with van der Waals surface area (Å²) in [6.45, 7) is 4.04. The van der Waals surface area contributed by atoms with Gasteiger partial charge in [-0.3, -0.25) is 14.4 Å². The van der Waals surface area contributed by atoms with Crippen molar-refractivity contribution in [2.24, 2.45) is 5.92 Å². The molecule has 1 heterocycles. The Balaban J connectivity index is 1.61. The summed E-state index contributed by atoms with van der Waals surface area (Å²) in [4.78, 5) is 54.9. The van der Waals surface area contributed by atoms with Gasteiger partial charge >= 0.3 is 6.09 Å². The molecule has 0 unspecified atom stereocenters. The van der Waals surface area contributed by atoms with Gasteiger partial charge in [-0.15, -0.1) is 0 Å². The molecular weight excluding hydrogens is 544 g/mol. The third kappa shape index (κ3) is 8.99. The van der Waals surface area contributed by atoms with Crippen LogP contribution < -0.4 is 16.0 Å². The molecule has 9 nitrogen and oxygen atoms in total. The summed E-state index contributed by atoms with van der Waals surface area (Å²) in [5.74, 6) is -1.58. The van der Waals surface area contributed by atoms with Crippen LogP contribution in [0, 0.1) is 5.92 Å². The Bertz CT molecular complexity index is 1310. The van der Waals surface area contributed by atoms with Crippen LogP contribution in [0.25, 0.3) is 0 Å². The van der Waals surface area contributed by atoms with Gasteiger partial charge in [-0.2, -0.15) is 0 Å². The van der Waals surface area contributed by atoms with Gasteiger partial charge in [0.2, 0.25) is 11.8 Å². The third-order valence-corrected chi connectivity index (χ3v) is 7.32. The van der Waals surface area contributed by atoms with Gasteiger partial charge in [0.25, 0.3) is 5.91 Å². The molecule has 226 valence electrons. The van der Waals surface area contributed by atoms with E-state index in [1.807, 2.05) is 92.7 Å². The molecule has 0 bridgehead atoms. The van der Waals surface area contributed by atoms with Gasteiger partial charge in [-0.05, 0) is 48.4 Å². The van der Waals surface area contributed by atoms with Crippen molar-refractivity contribution in [2.45, 2.75) is 57.8 Å². The van der Waals surface area contributed by atoms with Crippen LogP contribution in [0.1, 0.15) is 55.8 Å². The van der Waals surface area contributed by atoms with E-state index in [-0.39, 0.29) is 24.9 Å². The number of carbonyl (C=O) groups excluding carboxylic acids is 4. The molecular formula is C34H40N4O5. The fraction of sp³-hybridized carbons (Fsp3) is 0.353. The van der Waals surface area contributed by atoms with E-state index in [1.54, 1.807) is 12.1 Å². The molecule has 1 fully saturated rings. The highest BCUT2D eigenvalue weighted by molar-refractivity contribution is 6.00. The monoisotopic (exact) mass is 584 g/mol. The number of amides is 4. The molecule has 3 N–H and O–H groups in total. The van der Waals surface area contributed by atoms with Crippen molar-refractivity contribution in [2.75, 3.05) is 13.1 Å². The zero-order valence-corrected chi connectivity index (χ0v) is 24.7. The normalized spacial score (nSPS) is 15.1. The molecule has 1 aliphatic rings. The summed E-state index contributed by atoms with van der Waals surface area (Å²) in [5, 5.41) is 8.83. The van der Waals surface area contributed by atoms with Crippen LogP contribution in [0.4, 0.5) is 4.79 Å². The maximum absolute atomic E-state index is 14.1. The minimum Gasteiger partial charge on any atom is -0.444 e. The first-order chi connectivity index (χ1) is 20.8. The summed E-state index contributed by atoms with van der Waals surface area (Å²) in [5.41, 5.74) is 2.44. The molecule has 0 aromatic heterocycles. The van der Waals surface area contributed by atoms with Crippen LogP contribution in [-0.2, 0) is 25.7 Å². The highest BCUT2D eigenvalue weighted by atomic mass is 16.6. The van der Waals surface area contributed by atoms with Crippen molar-refractivity contribution < 1.29 is 23.9 Å². The van der Waals surface area contributed by atoms with Crippen LogP contribution in [-0.4, -0.2) is 53.9 Å². The number of imide groups is 1. The molecule has 0 radical (unpaired) electrons. The number of benzene rings is 3. The molecule has 0 spiro atoms. The second-order valence-electron chi connectivity index (χ2n) is 11.1. The zero-order valence-electron chi connectivity index (χ0n) is 24.7. The zero-order chi connectivity index (χ0) is 30.6. The van der Waals surface area contributed by atoms with E-state index in [0.29, 0.717) is 6.42 Å². The first kappa shape index (κ1) is 31.4. The molecule has 43 heavy (non-hydrogen) atoms. The lowest BCUT2D eigenvalue weighted by Gasteiger charge is -2.31. The van der Waals surface area contributed by atoms with Crippen molar-refractivity contribution >= 4 is 23.8 Å². The molecule has 0 saturated carbocycles. The molecule has 1 aliphatic heterocycles. The average molecular weight is 585 g/mol. The standard InChI is InChI=1S/C34H40N4O5/c1-24(2)21-29(33(41)37-31(26-15-8-4-9-16-26)27-17-10-5-11-18-27)38(34(42)43-23-25-13-6-3-7-14-25)30(39)22-36-32(40)28-19-12-20-35-28/h3-11,13-18,24,28-29,31,35H,12,19-23H2,1-2H3,(H,36,40)(H,37,41)/t28-,29-/m0/s1. The SMILES string of the molecule is CC(C)C[C@@H](C(=O)NC(c1ccccc1)c1ccccc1)N(C(=O)CNC(=O)[C@@H]1CCCN1)C(=O)OCc1ccccc1. The molecule has 0 aliphatic carbocycles. The number of hydrogen-bond donors (Lipinski definition) is 3. The van der Waals surface area contributed by atoms with Gasteiger partial charge in [-0.1, -0.05) is 105 Å². The number of carbonyl (C=O) groups is 4. The number of ether oxygens (including phenoxy) is 1. The maximum atomic E-state index is 14.1. The summed E-state index contributed by atoms with van der Waals surface area (Å²) in [6, 6.07) is 26.0. The lowest BCUT2D eigenvalue weighted by Crippen LogP contribution is -2.56. The van der Waals surface area contributed by atoms with E-state index in [4.69, 9.17) is 4.74 Å². The van der Waals surface area contributed by atoms with Gasteiger partial charge < -0.3 is 20.7 Å². The van der Waals surface area contributed by atoms with Crippen LogP contribution in [0.3, 0.4) is 0 Å². The third-order valence-electron chi connectivity index (χ3n) is 7.32. The Hall–Kier alpha value is -4.50. The van der Waals surface area contributed by atoms with Gasteiger partial charge in [0.05, 0.1) is 18.6 Å². The molecule has 3 aromatic rings. The van der Waals surface area contributed by atoms with Crippen LogP contribution in [0.2, 0.25) is 0 Å². The predicted octanol–water partition coefficient (Wildman–Crippen LogP) is 4.34. The van der Waals surface area contributed by atoms with Crippen LogP contribution >= 0.6 is 0 Å². The number of nitrogens with one attached hydrogen (secondary N) is 3. The topological polar surface area (TPSA) is 117 Å². The summed E-state index contributed by atoms with van der Waals surface area (Å²) in [7, 11) is 0. The Kier molecular flexibility index (Phi) is 11.4. The van der Waals surface area contributed by atoms with Crippen molar-refractivity contribution in [3.8, 4) is 0 Å². The minimum absolute atomic E-state index is 0.0443. The second kappa shape index (κ2) is 15.7. The Labute approximate surface area is 253 Å². The molecule has 4 amide bonds. The smallest absolute Gasteiger partial charge is 0.417 e. The van der Waals surface area contributed by atoms with E-state index in [0.717, 1.165) is 34.6 Å². The van der Waals surface area contributed by atoms with Gasteiger partial charge in [0.15, 0.2) is 0 Å². The van der Waals surface area contributed by atoms with Gasteiger partial charge in [0, 0.05) is 0 Å². The van der Waals surface area contributed by atoms with Gasteiger partial charge in [0.1, 0.15) is 12.6 Å². The maximum Gasteiger partial charge on any atom is 0.417 e. The van der Waals surface area contributed by atoms with Gasteiger partial charge in [-0.25, -0.2) is 9.69 Å². The fourth-order valence-corrected chi connectivity index (χ4v) is 5.14. The van der Waals surface area contributed by atoms with Crippen molar-refractivity contribution in [1.29, 1.82) is 0 Å². The van der Waals surface area contributed by atoms with Crippen molar-refractivity contribution in [3.63, 3.8) is 0 Å². The minimum atomic E-state index is -1.17. The van der Waals surface area contributed by atoms with Crippen molar-refractivity contribution in [1.82, 2.24) is 20.9 Å². The highest BCUT2D eigenvalue weighted by Gasteiger charge is 2.38. The van der Waals surface area contributed by atoms with Crippen LogP contribution in [0.5, 0.6) is 0 Å². The summed E-state index contributed by atoms with van der Waals surface area (Å²) < 4.78 is 5.57. The van der Waals surface area contributed by atoms with E-state index < -0.39 is 42.6 Å². The first-order valence-corrected chi connectivity index (χ1v) is 14.8. The number of nitrogens with zero attached hydrogens (tertiary/aromatic N) is 1. The first-order valence-electron chi connectivity index (χ1n) is 14.8. The Morgan fingerprint density at radius 1 is 0.884 bits per heavy atom. The average Bonchev–Trinajstić information content (AvgIpc) is 3.58. The Morgan fingerprint density at radius 3 is 2.00 bits per heavy atom. The van der Waals surface area contributed by atoms with E-state index in [9.17, 15) is 19.2 Å². The quantitative estimate of drug-likeness (QED) is 0.292. The molecule has 9 heteroatoms.